The number of aliphatic hydroxyl groups is 1. The minimum absolute atomic E-state index is 0.0184. The molecule has 0 heterocycles. The fourth-order valence-electron chi connectivity index (χ4n) is 2.02. The molecule has 22 heavy (non-hydrogen) atoms. The molecular weight excluding hydrogens is 312 g/mol. The molecule has 0 unspecified atom stereocenters. The number of hydrogen-bond acceptors (Lipinski definition) is 3. The monoisotopic (exact) mass is 327 g/mol. The molecule has 0 aliphatic carbocycles. The summed E-state index contributed by atoms with van der Waals surface area (Å²) >= 11 is 0. The molecular formula is C15H15F2NO3S. The average molecular weight is 327 g/mol. The van der Waals surface area contributed by atoms with E-state index in [1.807, 2.05) is 0 Å². The maximum atomic E-state index is 14.0. The van der Waals surface area contributed by atoms with Gasteiger partial charge in [-0.15, -0.1) is 0 Å². The Kier molecular flexibility index (Phi) is 4.77. The molecule has 4 nitrogen and oxygen atoms in total. The minimum atomic E-state index is -4.33. The summed E-state index contributed by atoms with van der Waals surface area (Å²) in [6, 6.07) is 9.44. The Labute approximate surface area is 127 Å². The molecule has 0 saturated heterocycles. The van der Waals surface area contributed by atoms with Gasteiger partial charge in [0.1, 0.15) is 16.5 Å². The standard InChI is InChI=1S/C15H15F2NO3S/c1-11-9-14(17)15(10-13(11)16)22(20,21)18(7-8-19)12-5-3-2-4-6-12/h2-6,9-10,19H,7-8H2,1H3. The SMILES string of the molecule is Cc1cc(F)c(S(=O)(=O)N(CCO)c2ccccc2)cc1F. The molecule has 0 amide bonds. The first kappa shape index (κ1) is 16.4. The van der Waals surface area contributed by atoms with Crippen molar-refractivity contribution in [3.63, 3.8) is 0 Å². The summed E-state index contributed by atoms with van der Waals surface area (Å²) in [5.74, 6) is -1.84. The van der Waals surface area contributed by atoms with E-state index in [1.165, 1.54) is 19.1 Å². The van der Waals surface area contributed by atoms with Crippen LogP contribution >= 0.6 is 0 Å². The summed E-state index contributed by atoms with van der Waals surface area (Å²) < 4.78 is 53.7. The summed E-state index contributed by atoms with van der Waals surface area (Å²) in [5.41, 5.74) is 0.279. The highest BCUT2D eigenvalue weighted by Crippen LogP contribution is 2.26. The zero-order chi connectivity index (χ0) is 16.3. The lowest BCUT2D eigenvalue weighted by Crippen LogP contribution is -2.34. The normalized spacial score (nSPS) is 11.5. The molecule has 0 aliphatic heterocycles. The molecule has 0 bridgehead atoms. The number of sulfonamides is 1. The number of hydrogen-bond donors (Lipinski definition) is 1. The molecule has 1 N–H and O–H groups in total. The zero-order valence-corrected chi connectivity index (χ0v) is 12.6. The van der Waals surface area contributed by atoms with Gasteiger partial charge in [0.25, 0.3) is 10.0 Å². The van der Waals surface area contributed by atoms with Crippen LogP contribution in [0, 0.1) is 18.6 Å². The van der Waals surface area contributed by atoms with Gasteiger partial charge in [-0.3, -0.25) is 4.31 Å². The molecule has 0 fully saturated rings. The lowest BCUT2D eigenvalue weighted by Gasteiger charge is -2.24. The molecule has 7 heteroatoms. The first-order valence-electron chi connectivity index (χ1n) is 6.52. The van der Waals surface area contributed by atoms with Gasteiger partial charge < -0.3 is 5.11 Å². The van der Waals surface area contributed by atoms with Crippen molar-refractivity contribution < 1.29 is 22.3 Å². The van der Waals surface area contributed by atoms with E-state index >= 15 is 0 Å². The smallest absolute Gasteiger partial charge is 0.267 e. The van der Waals surface area contributed by atoms with Crippen molar-refractivity contribution in [2.75, 3.05) is 17.5 Å². The third-order valence-electron chi connectivity index (χ3n) is 3.13. The quantitative estimate of drug-likeness (QED) is 0.918. The summed E-state index contributed by atoms with van der Waals surface area (Å²) in [4.78, 5) is -0.757. The first-order valence-corrected chi connectivity index (χ1v) is 7.96. The van der Waals surface area contributed by atoms with Crippen molar-refractivity contribution in [2.24, 2.45) is 0 Å². The van der Waals surface area contributed by atoms with E-state index in [0.29, 0.717) is 6.07 Å². The van der Waals surface area contributed by atoms with E-state index in [4.69, 9.17) is 5.11 Å². The van der Waals surface area contributed by atoms with Crippen LogP contribution < -0.4 is 4.31 Å². The first-order chi connectivity index (χ1) is 10.4. The number of nitrogens with zero attached hydrogens (tertiary/aromatic N) is 1. The second kappa shape index (κ2) is 6.41. The zero-order valence-electron chi connectivity index (χ0n) is 11.8. The Balaban J connectivity index is 2.58. The Morgan fingerprint density at radius 1 is 1.09 bits per heavy atom. The van der Waals surface area contributed by atoms with Crippen molar-refractivity contribution in [3.05, 3.63) is 59.7 Å². The highest BCUT2D eigenvalue weighted by Gasteiger charge is 2.28. The van der Waals surface area contributed by atoms with E-state index in [-0.39, 0.29) is 17.8 Å². The summed E-state index contributed by atoms with van der Waals surface area (Å²) in [6.07, 6.45) is 0. The van der Waals surface area contributed by atoms with Crippen LogP contribution in [0.3, 0.4) is 0 Å². The molecule has 0 saturated carbocycles. The van der Waals surface area contributed by atoms with Crippen molar-refractivity contribution >= 4 is 15.7 Å². The Morgan fingerprint density at radius 3 is 2.32 bits per heavy atom. The predicted molar refractivity (Wildman–Crippen MR) is 79.2 cm³/mol. The molecule has 2 aromatic rings. The third-order valence-corrected chi connectivity index (χ3v) is 4.97. The van der Waals surface area contributed by atoms with Crippen LogP contribution in [-0.4, -0.2) is 26.7 Å². The topological polar surface area (TPSA) is 57.6 Å². The molecule has 118 valence electrons. The maximum absolute atomic E-state index is 14.0. The minimum Gasteiger partial charge on any atom is -0.394 e. The number of para-hydroxylation sites is 1. The van der Waals surface area contributed by atoms with Gasteiger partial charge in [-0.25, -0.2) is 17.2 Å². The maximum Gasteiger partial charge on any atom is 0.267 e. The number of aryl methyl sites for hydroxylation is 1. The van der Waals surface area contributed by atoms with Crippen LogP contribution in [0.25, 0.3) is 0 Å². The van der Waals surface area contributed by atoms with E-state index in [9.17, 15) is 17.2 Å². The van der Waals surface area contributed by atoms with Gasteiger partial charge in [-0.2, -0.15) is 0 Å². The second-order valence-corrected chi connectivity index (χ2v) is 6.50. The Morgan fingerprint density at radius 2 is 1.73 bits per heavy atom. The van der Waals surface area contributed by atoms with Crippen LogP contribution in [0.4, 0.5) is 14.5 Å². The molecule has 2 aromatic carbocycles. The van der Waals surface area contributed by atoms with E-state index in [0.717, 1.165) is 10.4 Å². The van der Waals surface area contributed by atoms with Crippen LogP contribution in [0.2, 0.25) is 0 Å². The Bertz CT molecular complexity index is 764. The van der Waals surface area contributed by atoms with E-state index < -0.39 is 33.2 Å². The van der Waals surface area contributed by atoms with Gasteiger partial charge in [-0.1, -0.05) is 18.2 Å². The number of anilines is 1. The van der Waals surface area contributed by atoms with Gasteiger partial charge in [0.05, 0.1) is 18.8 Å². The van der Waals surface area contributed by atoms with Crippen LogP contribution in [0.15, 0.2) is 47.4 Å². The predicted octanol–water partition coefficient (Wildman–Crippen LogP) is 2.46. The lowest BCUT2D eigenvalue weighted by molar-refractivity contribution is 0.306. The largest absolute Gasteiger partial charge is 0.394 e. The van der Waals surface area contributed by atoms with Gasteiger partial charge in [0.2, 0.25) is 0 Å². The number of aliphatic hydroxyl groups excluding tert-OH is 1. The third kappa shape index (κ3) is 3.10. The summed E-state index contributed by atoms with van der Waals surface area (Å²) in [5, 5.41) is 9.10. The molecule has 0 aliphatic rings. The second-order valence-electron chi connectivity index (χ2n) is 4.67. The van der Waals surface area contributed by atoms with Gasteiger partial charge in [-0.05, 0) is 36.8 Å². The lowest BCUT2D eigenvalue weighted by atomic mass is 10.2. The number of halogens is 2. The van der Waals surface area contributed by atoms with Crippen molar-refractivity contribution in [1.82, 2.24) is 0 Å². The molecule has 0 spiro atoms. The number of benzene rings is 2. The van der Waals surface area contributed by atoms with Gasteiger partial charge in [0.15, 0.2) is 0 Å². The average Bonchev–Trinajstić information content (AvgIpc) is 2.49. The van der Waals surface area contributed by atoms with Gasteiger partial charge in [0, 0.05) is 0 Å². The van der Waals surface area contributed by atoms with Crippen LogP contribution in [0.1, 0.15) is 5.56 Å². The number of rotatable bonds is 5. The summed E-state index contributed by atoms with van der Waals surface area (Å²) in [7, 11) is -4.33. The molecule has 2 rings (SSSR count). The van der Waals surface area contributed by atoms with Crippen LogP contribution in [0.5, 0.6) is 0 Å². The highest BCUT2D eigenvalue weighted by atomic mass is 32.2. The molecule has 0 radical (unpaired) electrons. The fraction of sp³-hybridized carbons (Fsp3) is 0.200. The molecule has 0 aromatic heterocycles. The van der Waals surface area contributed by atoms with Crippen molar-refractivity contribution in [1.29, 1.82) is 0 Å². The van der Waals surface area contributed by atoms with E-state index in [1.54, 1.807) is 18.2 Å². The van der Waals surface area contributed by atoms with Crippen molar-refractivity contribution in [2.45, 2.75) is 11.8 Å². The Hall–Kier alpha value is -1.99. The van der Waals surface area contributed by atoms with Crippen molar-refractivity contribution in [3.8, 4) is 0 Å². The van der Waals surface area contributed by atoms with Crippen LogP contribution in [-0.2, 0) is 10.0 Å². The highest BCUT2D eigenvalue weighted by molar-refractivity contribution is 7.92. The van der Waals surface area contributed by atoms with Gasteiger partial charge >= 0.3 is 0 Å². The van der Waals surface area contributed by atoms with E-state index in [2.05, 4.69) is 0 Å². The fourth-order valence-corrected chi connectivity index (χ4v) is 3.53. The molecule has 0 atom stereocenters. The summed E-state index contributed by atoms with van der Waals surface area (Å²) in [6.45, 7) is 0.628.